The predicted molar refractivity (Wildman–Crippen MR) is 63.5 cm³/mol. The summed E-state index contributed by atoms with van der Waals surface area (Å²) in [6.07, 6.45) is 1.01. The Labute approximate surface area is 85.8 Å². The van der Waals surface area contributed by atoms with Crippen LogP contribution in [0.5, 0.6) is 0 Å². The highest BCUT2D eigenvalue weighted by Crippen LogP contribution is 2.16. The molecule has 0 radical (unpaired) electrons. The molecule has 14 heavy (non-hydrogen) atoms. The maximum atomic E-state index is 5.73. The third-order valence-corrected chi connectivity index (χ3v) is 2.31. The minimum Gasteiger partial charge on any atom is -0.399 e. The molecule has 3 N–H and O–H groups in total. The Bertz CT molecular complexity index is 329. The van der Waals surface area contributed by atoms with Crippen molar-refractivity contribution in [2.75, 3.05) is 17.6 Å². The molecular weight excluding hydrogens is 172 g/mol. The van der Waals surface area contributed by atoms with Crippen molar-refractivity contribution in [2.45, 2.75) is 20.3 Å². The Hall–Kier alpha value is -1.44. The first-order valence-electron chi connectivity index (χ1n) is 4.90. The van der Waals surface area contributed by atoms with Gasteiger partial charge >= 0.3 is 0 Å². The van der Waals surface area contributed by atoms with Crippen LogP contribution in [0, 0.1) is 6.92 Å². The summed E-state index contributed by atoms with van der Waals surface area (Å²) in [6, 6.07) is 5.97. The number of nitrogen functional groups attached to an aromatic ring is 1. The lowest BCUT2D eigenvalue weighted by Gasteiger charge is -2.09. The van der Waals surface area contributed by atoms with E-state index in [1.165, 1.54) is 5.57 Å². The number of nitrogens with two attached hydrogens (primary N) is 1. The summed E-state index contributed by atoms with van der Waals surface area (Å²) in [5.41, 5.74) is 9.98. The van der Waals surface area contributed by atoms with Crippen molar-refractivity contribution in [1.82, 2.24) is 0 Å². The summed E-state index contributed by atoms with van der Waals surface area (Å²) in [7, 11) is 0. The number of anilines is 2. The van der Waals surface area contributed by atoms with Crippen LogP contribution in [-0.4, -0.2) is 6.54 Å². The second-order valence-electron chi connectivity index (χ2n) is 3.53. The fourth-order valence-electron chi connectivity index (χ4n) is 1.14. The van der Waals surface area contributed by atoms with E-state index in [4.69, 9.17) is 5.73 Å². The molecule has 0 bridgehead atoms. The summed E-state index contributed by atoms with van der Waals surface area (Å²) in [5.74, 6) is 0. The van der Waals surface area contributed by atoms with E-state index in [-0.39, 0.29) is 0 Å². The zero-order chi connectivity index (χ0) is 10.6. The van der Waals surface area contributed by atoms with E-state index in [0.29, 0.717) is 0 Å². The van der Waals surface area contributed by atoms with Gasteiger partial charge in [-0.05, 0) is 37.1 Å². The Balaban J connectivity index is 2.60. The predicted octanol–water partition coefficient (Wildman–Crippen LogP) is 2.96. The molecule has 0 fully saturated rings. The van der Waals surface area contributed by atoms with Gasteiger partial charge in [-0.2, -0.15) is 0 Å². The summed E-state index contributed by atoms with van der Waals surface area (Å²) < 4.78 is 0. The van der Waals surface area contributed by atoms with E-state index in [9.17, 15) is 0 Å². The molecule has 0 unspecified atom stereocenters. The number of nitrogens with one attached hydrogen (secondary N) is 1. The molecule has 0 atom stereocenters. The van der Waals surface area contributed by atoms with Gasteiger partial charge in [0.15, 0.2) is 0 Å². The molecule has 2 heteroatoms. The van der Waals surface area contributed by atoms with Crippen molar-refractivity contribution in [2.24, 2.45) is 0 Å². The highest BCUT2D eigenvalue weighted by Gasteiger charge is 1.96. The number of rotatable bonds is 4. The largest absolute Gasteiger partial charge is 0.399 e. The normalized spacial score (nSPS) is 9.86. The lowest BCUT2D eigenvalue weighted by Crippen LogP contribution is -2.03. The standard InChI is InChI=1S/C12H18N2/c1-4-9(2)8-14-11-5-6-12(13)10(3)7-11/h5-7,14H,2,4,8,13H2,1,3H3. The van der Waals surface area contributed by atoms with Crippen molar-refractivity contribution in [3.05, 3.63) is 35.9 Å². The third-order valence-electron chi connectivity index (χ3n) is 2.31. The van der Waals surface area contributed by atoms with Gasteiger partial charge < -0.3 is 11.1 Å². The molecule has 76 valence electrons. The number of aryl methyl sites for hydroxylation is 1. The first kappa shape index (κ1) is 10.6. The number of hydrogen-bond acceptors (Lipinski definition) is 2. The smallest absolute Gasteiger partial charge is 0.0357 e. The highest BCUT2D eigenvalue weighted by atomic mass is 14.9. The summed E-state index contributed by atoms with van der Waals surface area (Å²) in [4.78, 5) is 0. The van der Waals surface area contributed by atoms with E-state index >= 15 is 0 Å². The Morgan fingerprint density at radius 2 is 2.21 bits per heavy atom. The zero-order valence-electron chi connectivity index (χ0n) is 8.93. The maximum Gasteiger partial charge on any atom is 0.0357 e. The first-order chi connectivity index (χ1) is 6.63. The van der Waals surface area contributed by atoms with Crippen LogP contribution in [0.3, 0.4) is 0 Å². The van der Waals surface area contributed by atoms with E-state index in [2.05, 4.69) is 24.9 Å². The van der Waals surface area contributed by atoms with Crippen molar-refractivity contribution >= 4 is 11.4 Å². The zero-order valence-corrected chi connectivity index (χ0v) is 8.93. The van der Waals surface area contributed by atoms with Gasteiger partial charge in [-0.1, -0.05) is 19.1 Å². The summed E-state index contributed by atoms with van der Waals surface area (Å²) in [5, 5.41) is 3.31. The molecule has 0 spiro atoms. The fraction of sp³-hybridized carbons (Fsp3) is 0.333. The van der Waals surface area contributed by atoms with Gasteiger partial charge in [-0.25, -0.2) is 0 Å². The Kier molecular flexibility index (Phi) is 3.57. The van der Waals surface area contributed by atoms with Crippen LogP contribution in [0.1, 0.15) is 18.9 Å². The Morgan fingerprint density at radius 3 is 2.79 bits per heavy atom. The average molecular weight is 190 g/mol. The lowest BCUT2D eigenvalue weighted by molar-refractivity contribution is 1.05. The minimum atomic E-state index is 0.833. The van der Waals surface area contributed by atoms with Gasteiger partial charge in [-0.3, -0.25) is 0 Å². The Morgan fingerprint density at radius 1 is 1.50 bits per heavy atom. The highest BCUT2D eigenvalue weighted by molar-refractivity contribution is 5.56. The van der Waals surface area contributed by atoms with E-state index in [1.807, 2.05) is 19.1 Å². The molecule has 0 aliphatic carbocycles. The van der Waals surface area contributed by atoms with Gasteiger partial charge in [0, 0.05) is 17.9 Å². The fourth-order valence-corrected chi connectivity index (χ4v) is 1.14. The van der Waals surface area contributed by atoms with Gasteiger partial charge in [0.25, 0.3) is 0 Å². The van der Waals surface area contributed by atoms with Crippen LogP contribution in [0.25, 0.3) is 0 Å². The second kappa shape index (κ2) is 4.70. The molecular formula is C12H18N2. The molecule has 0 aromatic heterocycles. The van der Waals surface area contributed by atoms with Crippen LogP contribution >= 0.6 is 0 Å². The van der Waals surface area contributed by atoms with Gasteiger partial charge in [0.1, 0.15) is 0 Å². The lowest BCUT2D eigenvalue weighted by atomic mass is 10.1. The molecule has 2 nitrogen and oxygen atoms in total. The van der Waals surface area contributed by atoms with E-state index in [1.54, 1.807) is 0 Å². The van der Waals surface area contributed by atoms with Gasteiger partial charge in [0.05, 0.1) is 0 Å². The van der Waals surface area contributed by atoms with Crippen LogP contribution < -0.4 is 11.1 Å². The minimum absolute atomic E-state index is 0.833. The third kappa shape index (κ3) is 2.80. The van der Waals surface area contributed by atoms with Crippen LogP contribution in [0.15, 0.2) is 30.4 Å². The molecule has 0 aliphatic rings. The topological polar surface area (TPSA) is 38.0 Å². The molecule has 0 saturated heterocycles. The summed E-state index contributed by atoms with van der Waals surface area (Å²) in [6.45, 7) is 8.89. The van der Waals surface area contributed by atoms with Gasteiger partial charge in [-0.15, -0.1) is 0 Å². The van der Waals surface area contributed by atoms with Gasteiger partial charge in [0.2, 0.25) is 0 Å². The first-order valence-corrected chi connectivity index (χ1v) is 4.90. The number of benzene rings is 1. The quantitative estimate of drug-likeness (QED) is 0.566. The second-order valence-corrected chi connectivity index (χ2v) is 3.53. The molecule has 1 aromatic carbocycles. The van der Waals surface area contributed by atoms with Crippen molar-refractivity contribution in [3.8, 4) is 0 Å². The molecule has 1 aromatic rings. The maximum absolute atomic E-state index is 5.73. The van der Waals surface area contributed by atoms with Crippen molar-refractivity contribution in [3.63, 3.8) is 0 Å². The van der Waals surface area contributed by atoms with Crippen LogP contribution in [0.4, 0.5) is 11.4 Å². The van der Waals surface area contributed by atoms with Crippen LogP contribution in [-0.2, 0) is 0 Å². The van der Waals surface area contributed by atoms with Crippen LogP contribution in [0.2, 0.25) is 0 Å². The average Bonchev–Trinajstić information content (AvgIpc) is 2.19. The monoisotopic (exact) mass is 190 g/mol. The molecule has 0 aliphatic heterocycles. The molecule has 0 saturated carbocycles. The molecule has 1 rings (SSSR count). The number of hydrogen-bond donors (Lipinski definition) is 2. The molecule has 0 amide bonds. The van der Waals surface area contributed by atoms with E-state index in [0.717, 1.165) is 29.9 Å². The SMILES string of the molecule is C=C(CC)CNc1ccc(N)c(C)c1. The molecule has 0 heterocycles. The summed E-state index contributed by atoms with van der Waals surface area (Å²) >= 11 is 0. The van der Waals surface area contributed by atoms with Crippen molar-refractivity contribution in [1.29, 1.82) is 0 Å². The van der Waals surface area contributed by atoms with E-state index < -0.39 is 0 Å². The van der Waals surface area contributed by atoms with Crippen molar-refractivity contribution < 1.29 is 0 Å².